The highest BCUT2D eigenvalue weighted by Gasteiger charge is 2.42. The lowest BCUT2D eigenvalue weighted by Gasteiger charge is -2.31. The van der Waals surface area contributed by atoms with Gasteiger partial charge in [0.1, 0.15) is 0 Å². The van der Waals surface area contributed by atoms with Gasteiger partial charge in [0.15, 0.2) is 5.54 Å². The van der Waals surface area contributed by atoms with Crippen molar-refractivity contribution in [2.24, 2.45) is 0 Å². The maximum absolute atomic E-state index is 11.4. The van der Waals surface area contributed by atoms with Gasteiger partial charge in [-0.25, -0.2) is 0 Å². The molecule has 0 radical (unpaired) electrons. The molecule has 0 spiro atoms. The van der Waals surface area contributed by atoms with Gasteiger partial charge in [0, 0.05) is 20.4 Å². The number of quaternary nitrogens is 1. The first-order valence-electron chi connectivity index (χ1n) is 3.94. The number of hydroxylamine groups is 2. The zero-order valence-electron chi connectivity index (χ0n) is 7.60. The highest BCUT2D eigenvalue weighted by molar-refractivity contribution is 5.84. The Morgan fingerprint density at radius 1 is 1.83 bits per heavy atom. The van der Waals surface area contributed by atoms with Gasteiger partial charge < -0.3 is 15.6 Å². The van der Waals surface area contributed by atoms with Gasteiger partial charge in [-0.3, -0.25) is 4.79 Å². The third kappa shape index (κ3) is 1.23. The Balaban J connectivity index is 2.83. The summed E-state index contributed by atoms with van der Waals surface area (Å²) >= 11 is 0. The maximum Gasteiger partial charge on any atom is 0.281 e. The second kappa shape index (κ2) is 2.88. The van der Waals surface area contributed by atoms with E-state index >= 15 is 0 Å². The van der Waals surface area contributed by atoms with Crippen molar-refractivity contribution in [3.05, 3.63) is 17.0 Å². The first-order valence-corrected chi connectivity index (χ1v) is 3.94. The molecule has 1 aliphatic heterocycles. The molecule has 0 fully saturated rings. The lowest BCUT2D eigenvalue weighted by atomic mass is 9.96. The smallest absolute Gasteiger partial charge is 0.281 e. The summed E-state index contributed by atoms with van der Waals surface area (Å²) in [6.07, 6.45) is 2.10. The van der Waals surface area contributed by atoms with E-state index in [4.69, 9.17) is 0 Å². The van der Waals surface area contributed by atoms with Crippen LogP contribution >= 0.6 is 0 Å². The van der Waals surface area contributed by atoms with E-state index in [0.717, 1.165) is 5.57 Å². The van der Waals surface area contributed by atoms with Crippen LogP contribution in [-0.4, -0.2) is 18.5 Å². The second-order valence-corrected chi connectivity index (χ2v) is 3.44. The van der Waals surface area contributed by atoms with E-state index in [1.54, 1.807) is 20.2 Å². The van der Waals surface area contributed by atoms with E-state index in [0.29, 0.717) is 6.42 Å². The van der Waals surface area contributed by atoms with Crippen LogP contribution in [0.5, 0.6) is 0 Å². The molecule has 2 N–H and O–H groups in total. The van der Waals surface area contributed by atoms with Gasteiger partial charge >= 0.3 is 0 Å². The van der Waals surface area contributed by atoms with Crippen LogP contribution in [0.1, 0.15) is 20.3 Å². The summed E-state index contributed by atoms with van der Waals surface area (Å²) in [6.45, 7) is 3.55. The standard InChI is InChI=1S/C8H14N2O2/c1-6-4-8(2,7(11)9-3)10(12)5-6/h5,10H,4H2,1-3H3,(H,9,11). The Labute approximate surface area is 71.8 Å². The number of likely N-dealkylation sites (N-methyl/N-ethyl adjacent to an activating group) is 1. The number of hydrogen-bond acceptors (Lipinski definition) is 2. The van der Waals surface area contributed by atoms with E-state index < -0.39 is 5.54 Å². The van der Waals surface area contributed by atoms with E-state index in [-0.39, 0.29) is 11.0 Å². The minimum Gasteiger partial charge on any atom is -0.629 e. The Bertz CT molecular complexity index is 237. The molecule has 4 heteroatoms. The second-order valence-electron chi connectivity index (χ2n) is 3.44. The molecular weight excluding hydrogens is 156 g/mol. The van der Waals surface area contributed by atoms with Crippen molar-refractivity contribution in [1.29, 1.82) is 0 Å². The van der Waals surface area contributed by atoms with Crippen LogP contribution in [0, 0.1) is 5.21 Å². The van der Waals surface area contributed by atoms with Gasteiger partial charge in [0.2, 0.25) is 0 Å². The molecule has 0 aliphatic carbocycles. The van der Waals surface area contributed by atoms with Crippen molar-refractivity contribution in [2.45, 2.75) is 25.8 Å². The fourth-order valence-corrected chi connectivity index (χ4v) is 1.55. The van der Waals surface area contributed by atoms with Crippen LogP contribution in [0.2, 0.25) is 0 Å². The first-order chi connectivity index (χ1) is 5.50. The number of rotatable bonds is 1. The quantitative estimate of drug-likeness (QED) is 0.505. The first kappa shape index (κ1) is 9.22. The van der Waals surface area contributed by atoms with E-state index in [9.17, 15) is 10.0 Å². The molecule has 0 aromatic carbocycles. The van der Waals surface area contributed by atoms with Crippen LogP contribution in [0.4, 0.5) is 0 Å². The SMILES string of the molecule is CNC(=O)C1(C)CC(C)=C[NH+]1[O-]. The van der Waals surface area contributed by atoms with Crippen molar-refractivity contribution in [2.75, 3.05) is 7.05 Å². The fraction of sp³-hybridized carbons (Fsp3) is 0.625. The molecule has 1 aliphatic rings. The molecule has 68 valence electrons. The van der Waals surface area contributed by atoms with Crippen molar-refractivity contribution in [3.63, 3.8) is 0 Å². The molecule has 0 aromatic rings. The molecule has 0 saturated heterocycles. The summed E-state index contributed by atoms with van der Waals surface area (Å²) < 4.78 is 0. The van der Waals surface area contributed by atoms with Crippen molar-refractivity contribution in [1.82, 2.24) is 5.32 Å². The van der Waals surface area contributed by atoms with Crippen molar-refractivity contribution < 1.29 is 9.86 Å². The zero-order chi connectivity index (χ0) is 9.35. The molecule has 0 aromatic heterocycles. The van der Waals surface area contributed by atoms with E-state index in [1.165, 1.54) is 0 Å². The minimum absolute atomic E-state index is 0.0839. The molecule has 1 heterocycles. The highest BCUT2D eigenvalue weighted by atomic mass is 16.5. The van der Waals surface area contributed by atoms with Crippen LogP contribution in [0.25, 0.3) is 0 Å². The normalized spacial score (nSPS) is 34.7. The summed E-state index contributed by atoms with van der Waals surface area (Å²) in [7, 11) is 1.55. The van der Waals surface area contributed by atoms with Crippen LogP contribution in [0.3, 0.4) is 0 Å². The van der Waals surface area contributed by atoms with Crippen molar-refractivity contribution >= 4 is 5.91 Å². The predicted molar refractivity (Wildman–Crippen MR) is 45.2 cm³/mol. The molecule has 0 saturated carbocycles. The lowest BCUT2D eigenvalue weighted by Crippen LogP contribution is -3.12. The largest absolute Gasteiger partial charge is 0.629 e. The summed E-state index contributed by atoms with van der Waals surface area (Å²) in [5.74, 6) is -0.194. The minimum atomic E-state index is -0.848. The summed E-state index contributed by atoms with van der Waals surface area (Å²) in [5, 5.41) is 13.8. The molecule has 1 rings (SSSR count). The van der Waals surface area contributed by atoms with Gasteiger partial charge in [-0.15, -0.1) is 0 Å². The van der Waals surface area contributed by atoms with Crippen molar-refractivity contribution in [3.8, 4) is 0 Å². The van der Waals surface area contributed by atoms with Crippen LogP contribution in [0.15, 0.2) is 11.8 Å². The summed E-state index contributed by atoms with van der Waals surface area (Å²) in [5.41, 5.74) is 0.129. The van der Waals surface area contributed by atoms with Gasteiger partial charge in [-0.2, -0.15) is 0 Å². The Morgan fingerprint density at radius 3 is 2.75 bits per heavy atom. The molecule has 2 atom stereocenters. The predicted octanol–water partition coefficient (Wildman–Crippen LogP) is -0.819. The van der Waals surface area contributed by atoms with Crippen LogP contribution < -0.4 is 10.4 Å². The number of hydrogen-bond donors (Lipinski definition) is 2. The Morgan fingerprint density at radius 2 is 2.42 bits per heavy atom. The molecule has 0 bridgehead atoms. The van der Waals surface area contributed by atoms with Crippen LogP contribution in [-0.2, 0) is 4.79 Å². The van der Waals surface area contributed by atoms with Gasteiger partial charge in [-0.05, 0) is 12.5 Å². The highest BCUT2D eigenvalue weighted by Crippen LogP contribution is 2.17. The molecular formula is C8H14N2O2. The third-order valence-electron chi connectivity index (χ3n) is 2.28. The summed E-state index contributed by atoms with van der Waals surface area (Å²) in [6, 6.07) is 0. The number of amides is 1. The molecule has 12 heavy (non-hydrogen) atoms. The topological polar surface area (TPSA) is 56.6 Å². The van der Waals surface area contributed by atoms with E-state index in [2.05, 4.69) is 5.32 Å². The van der Waals surface area contributed by atoms with E-state index in [1.807, 2.05) is 6.92 Å². The zero-order valence-corrected chi connectivity index (χ0v) is 7.60. The monoisotopic (exact) mass is 170 g/mol. The molecule has 1 amide bonds. The lowest BCUT2D eigenvalue weighted by molar-refractivity contribution is -0.831. The number of carbonyl (C=O) groups is 1. The van der Waals surface area contributed by atoms with Gasteiger partial charge in [0.25, 0.3) is 5.91 Å². The molecule has 4 nitrogen and oxygen atoms in total. The summed E-state index contributed by atoms with van der Waals surface area (Å²) in [4.78, 5) is 11.3. The van der Waals surface area contributed by atoms with Gasteiger partial charge in [-0.1, -0.05) is 0 Å². The number of nitrogens with one attached hydrogen (secondary N) is 2. The maximum atomic E-state index is 11.4. The third-order valence-corrected chi connectivity index (χ3v) is 2.28. The Hall–Kier alpha value is -0.870. The molecule has 2 unspecified atom stereocenters. The van der Waals surface area contributed by atoms with Gasteiger partial charge in [0.05, 0.1) is 6.20 Å². The average Bonchev–Trinajstić information content (AvgIpc) is 2.26. The average molecular weight is 170 g/mol. The fourth-order valence-electron chi connectivity index (χ4n) is 1.55. The Kier molecular flexibility index (Phi) is 2.21. The number of carbonyl (C=O) groups excluding carboxylic acids is 1.